The molecule has 0 aliphatic heterocycles. The van der Waals surface area contributed by atoms with Crippen LogP contribution in [0.4, 0.5) is 0 Å². The zero-order valence-electron chi connectivity index (χ0n) is 29.6. The lowest BCUT2D eigenvalue weighted by Crippen LogP contribution is -2.48. The minimum absolute atomic E-state index is 0.00872. The maximum atomic E-state index is 12.1. The molecule has 0 heterocycles. The highest BCUT2D eigenvalue weighted by molar-refractivity contribution is 7.91. The number of nitrogens with two attached hydrogens (primary N) is 1. The van der Waals surface area contributed by atoms with Crippen LogP contribution in [0.5, 0.6) is 0 Å². The van der Waals surface area contributed by atoms with Gasteiger partial charge in [-0.05, 0) is 31.6 Å². The molecule has 258 valence electrons. The van der Waals surface area contributed by atoms with Crippen molar-refractivity contribution >= 4 is 21.7 Å². The summed E-state index contributed by atoms with van der Waals surface area (Å²) < 4.78 is 23.1. The molecule has 44 heavy (non-hydrogen) atoms. The normalized spacial score (nSPS) is 12.0. The lowest BCUT2D eigenvalue weighted by Gasteiger charge is -2.18. The van der Waals surface area contributed by atoms with E-state index in [1.54, 1.807) is 0 Å². The first-order valence-electron chi connectivity index (χ1n) is 16.4. The molecule has 1 unspecified atom stereocenters. The maximum absolute atomic E-state index is 12.1. The fourth-order valence-electron chi connectivity index (χ4n) is 3.32. The van der Waals surface area contributed by atoms with Crippen molar-refractivity contribution in [2.75, 3.05) is 24.6 Å². The summed E-state index contributed by atoms with van der Waals surface area (Å²) in [5, 5.41) is 14.8. The molecule has 0 saturated carbocycles. The molecule has 8 nitrogen and oxygen atoms in total. The number of benzene rings is 1. The van der Waals surface area contributed by atoms with Crippen LogP contribution in [0.25, 0.3) is 0 Å². The second-order valence-electron chi connectivity index (χ2n) is 10.5. The van der Waals surface area contributed by atoms with Crippen molar-refractivity contribution in [3.63, 3.8) is 0 Å². The maximum Gasteiger partial charge on any atom is 0.243 e. The Kier molecular flexibility index (Phi) is 36.9. The number of aliphatic hydroxyl groups is 1. The van der Waals surface area contributed by atoms with Crippen molar-refractivity contribution in [2.45, 2.75) is 126 Å². The standard InChI is InChI=1S/C17H31N3O5S.C7H8.C7H16.2C2H6/c1-4-5-15(17(23)19-12-14(21)7-6-13(2)3)20-16(22)8-10-26(24,25)11-9-18;1-7-5-3-2-4-6-7;1-4-6-7(3)5-2;2*1-2/h1,13-15,21H,5-12,18H2,2-3H3,(H,19,23)(H,20,22);2-6H,1H3;7H,4-6H2,1-3H3;2*1-2H3/t14-,15-;;;;/m0..../s1. The SMILES string of the molecule is C#CC[C@H](NC(=O)CCS(=O)(=O)CCN)C(=O)NC[C@@H](O)CCC(C)C.CC.CC.CCCC(C)CC.Cc1ccccc1. The van der Waals surface area contributed by atoms with Gasteiger partial charge in [-0.15, -0.1) is 12.3 Å². The van der Waals surface area contributed by atoms with Crippen LogP contribution in [-0.4, -0.2) is 62.1 Å². The largest absolute Gasteiger partial charge is 0.391 e. The van der Waals surface area contributed by atoms with Crippen LogP contribution >= 0.6 is 0 Å². The summed E-state index contributed by atoms with van der Waals surface area (Å²) >= 11 is 0. The number of aryl methyl sites for hydroxylation is 1. The smallest absolute Gasteiger partial charge is 0.243 e. The van der Waals surface area contributed by atoms with Crippen molar-refractivity contribution in [3.05, 3.63) is 35.9 Å². The van der Waals surface area contributed by atoms with E-state index in [1.807, 2.05) is 59.7 Å². The van der Waals surface area contributed by atoms with Crippen LogP contribution in [-0.2, 0) is 19.4 Å². The van der Waals surface area contributed by atoms with Crippen molar-refractivity contribution in [1.29, 1.82) is 0 Å². The Morgan fingerprint density at radius 2 is 1.55 bits per heavy atom. The number of hydrogen-bond donors (Lipinski definition) is 4. The Hall–Kier alpha value is -2.41. The van der Waals surface area contributed by atoms with Crippen molar-refractivity contribution < 1.29 is 23.1 Å². The third kappa shape index (κ3) is 34.1. The molecule has 1 aromatic rings. The molecule has 0 aromatic heterocycles. The van der Waals surface area contributed by atoms with Gasteiger partial charge in [-0.3, -0.25) is 9.59 Å². The average Bonchev–Trinajstić information content (AvgIpc) is 3.00. The predicted octanol–water partition coefficient (Wildman–Crippen LogP) is 6.05. The van der Waals surface area contributed by atoms with Gasteiger partial charge in [0.1, 0.15) is 6.04 Å². The first-order chi connectivity index (χ1) is 20.8. The highest BCUT2D eigenvalue weighted by Gasteiger charge is 2.21. The van der Waals surface area contributed by atoms with Gasteiger partial charge in [0, 0.05) is 25.9 Å². The van der Waals surface area contributed by atoms with Crippen LogP contribution in [0.15, 0.2) is 30.3 Å². The Morgan fingerprint density at radius 1 is 0.977 bits per heavy atom. The summed E-state index contributed by atoms with van der Waals surface area (Å²) in [6, 6.07) is 9.29. The van der Waals surface area contributed by atoms with E-state index in [0.717, 1.165) is 12.3 Å². The van der Waals surface area contributed by atoms with Gasteiger partial charge in [0.05, 0.1) is 17.6 Å². The van der Waals surface area contributed by atoms with Gasteiger partial charge in [-0.2, -0.15) is 0 Å². The molecule has 0 spiro atoms. The number of terminal acetylenes is 1. The van der Waals surface area contributed by atoms with E-state index in [9.17, 15) is 23.1 Å². The summed E-state index contributed by atoms with van der Waals surface area (Å²) in [5.74, 6) is 2.08. The van der Waals surface area contributed by atoms with Crippen molar-refractivity contribution in [2.24, 2.45) is 17.6 Å². The zero-order valence-corrected chi connectivity index (χ0v) is 30.4. The third-order valence-corrected chi connectivity index (χ3v) is 7.73. The quantitative estimate of drug-likeness (QED) is 0.162. The highest BCUT2D eigenvalue weighted by Crippen LogP contribution is 2.07. The molecule has 0 aliphatic rings. The number of aliphatic hydroxyl groups excluding tert-OH is 1. The molecule has 0 bridgehead atoms. The Bertz CT molecular complexity index is 931. The lowest BCUT2D eigenvalue weighted by molar-refractivity contribution is -0.129. The van der Waals surface area contributed by atoms with Gasteiger partial charge in [0.15, 0.2) is 9.84 Å². The number of carbonyl (C=O) groups excluding carboxylic acids is 2. The number of hydrogen-bond acceptors (Lipinski definition) is 6. The molecule has 5 N–H and O–H groups in total. The van der Waals surface area contributed by atoms with Crippen molar-refractivity contribution in [3.8, 4) is 12.3 Å². The summed E-state index contributed by atoms with van der Waals surface area (Å²) in [4.78, 5) is 24.0. The fraction of sp³-hybridized carbons (Fsp3) is 0.714. The van der Waals surface area contributed by atoms with Crippen LogP contribution in [0.1, 0.15) is 113 Å². The topological polar surface area (TPSA) is 139 Å². The van der Waals surface area contributed by atoms with Gasteiger partial charge in [-0.1, -0.05) is 117 Å². The second kappa shape index (κ2) is 33.5. The van der Waals surface area contributed by atoms with Crippen LogP contribution in [0.3, 0.4) is 0 Å². The van der Waals surface area contributed by atoms with E-state index in [0.29, 0.717) is 12.3 Å². The van der Waals surface area contributed by atoms with E-state index < -0.39 is 33.8 Å². The second-order valence-corrected chi connectivity index (χ2v) is 12.8. The number of rotatable bonds is 16. The predicted molar refractivity (Wildman–Crippen MR) is 189 cm³/mol. The number of nitrogens with one attached hydrogen (secondary N) is 2. The molecule has 2 amide bonds. The van der Waals surface area contributed by atoms with Crippen LogP contribution in [0, 0.1) is 31.1 Å². The summed E-state index contributed by atoms with van der Waals surface area (Å²) in [5.41, 5.74) is 6.52. The molecule has 0 saturated heterocycles. The monoisotopic (exact) mass is 641 g/mol. The van der Waals surface area contributed by atoms with E-state index in [2.05, 4.69) is 56.4 Å². The number of amides is 2. The minimum atomic E-state index is -3.39. The summed E-state index contributed by atoms with van der Waals surface area (Å²) in [6.45, 7) is 21.0. The summed E-state index contributed by atoms with van der Waals surface area (Å²) in [6.07, 6.45) is 9.72. The highest BCUT2D eigenvalue weighted by atomic mass is 32.2. The lowest BCUT2D eigenvalue weighted by atomic mass is 10.0. The van der Waals surface area contributed by atoms with Crippen LogP contribution in [0.2, 0.25) is 0 Å². The van der Waals surface area contributed by atoms with Crippen LogP contribution < -0.4 is 16.4 Å². The van der Waals surface area contributed by atoms with Gasteiger partial charge >= 0.3 is 0 Å². The molecular weight excluding hydrogens is 574 g/mol. The van der Waals surface area contributed by atoms with Gasteiger partial charge in [0.2, 0.25) is 11.8 Å². The molecular formula is C35H67N3O5S. The first kappa shape index (κ1) is 48.5. The molecule has 0 radical (unpaired) electrons. The Balaban J connectivity index is -0.000000358. The molecule has 0 fully saturated rings. The van der Waals surface area contributed by atoms with E-state index >= 15 is 0 Å². The summed E-state index contributed by atoms with van der Waals surface area (Å²) in [7, 11) is -3.39. The molecule has 9 heteroatoms. The van der Waals surface area contributed by atoms with Gasteiger partial charge < -0.3 is 21.5 Å². The van der Waals surface area contributed by atoms with Crippen molar-refractivity contribution in [1.82, 2.24) is 10.6 Å². The third-order valence-electron chi connectivity index (χ3n) is 6.05. The zero-order chi connectivity index (χ0) is 35.0. The van der Waals surface area contributed by atoms with Gasteiger partial charge in [-0.25, -0.2) is 8.42 Å². The van der Waals surface area contributed by atoms with E-state index in [4.69, 9.17) is 12.2 Å². The first-order valence-corrected chi connectivity index (χ1v) is 18.2. The number of carbonyl (C=O) groups is 2. The molecule has 3 atom stereocenters. The molecule has 1 rings (SSSR count). The van der Waals surface area contributed by atoms with E-state index in [1.165, 1.54) is 24.8 Å². The molecule has 1 aromatic carbocycles. The number of sulfone groups is 1. The fourth-order valence-corrected chi connectivity index (χ4v) is 4.38. The minimum Gasteiger partial charge on any atom is -0.391 e. The molecule has 0 aliphatic carbocycles. The van der Waals surface area contributed by atoms with E-state index in [-0.39, 0.29) is 37.4 Å². The Labute approximate surface area is 271 Å². The Morgan fingerprint density at radius 3 is 1.93 bits per heavy atom. The average molecular weight is 642 g/mol. The van der Waals surface area contributed by atoms with Gasteiger partial charge in [0.25, 0.3) is 0 Å².